The molecule has 0 amide bonds. The lowest BCUT2D eigenvalue weighted by Gasteiger charge is -2.30. The molecule has 0 aliphatic heterocycles. The summed E-state index contributed by atoms with van der Waals surface area (Å²) in [6.45, 7) is 3.47. The second-order valence-electron chi connectivity index (χ2n) is 4.19. The Kier molecular flexibility index (Phi) is 5.10. The minimum atomic E-state index is -3.95. The van der Waals surface area contributed by atoms with E-state index >= 15 is 0 Å². The van der Waals surface area contributed by atoms with Crippen LogP contribution in [-0.2, 0) is 17.1 Å². The third-order valence-electron chi connectivity index (χ3n) is 3.13. The molecule has 114 valence electrons. The van der Waals surface area contributed by atoms with Gasteiger partial charge in [0, 0.05) is 7.05 Å². The third kappa shape index (κ3) is 2.94. The number of oxime groups is 1. The molecule has 0 aromatic carbocycles. The van der Waals surface area contributed by atoms with Crippen LogP contribution >= 0.6 is 15.9 Å². The van der Waals surface area contributed by atoms with Gasteiger partial charge in [-0.2, -0.15) is 4.72 Å². The van der Waals surface area contributed by atoms with E-state index in [9.17, 15) is 8.42 Å². The molecule has 0 saturated carbocycles. The molecule has 1 heterocycles. The highest BCUT2D eigenvalue weighted by molar-refractivity contribution is 9.10. The number of aryl methyl sites for hydroxylation is 1. The van der Waals surface area contributed by atoms with Gasteiger partial charge in [0.15, 0.2) is 10.4 Å². The SMILES string of the molecule is CCC(CC)(NS(=O)(=O)c1c(Br)nnn1C)C(N)=NO. The molecule has 0 spiro atoms. The second-order valence-corrected chi connectivity index (χ2v) is 6.54. The molecule has 11 heteroatoms. The monoisotopic (exact) mass is 368 g/mol. The maximum atomic E-state index is 12.5. The molecule has 0 bridgehead atoms. The van der Waals surface area contributed by atoms with Crippen LogP contribution in [0.15, 0.2) is 14.8 Å². The van der Waals surface area contributed by atoms with Crippen molar-refractivity contribution in [1.29, 1.82) is 0 Å². The maximum absolute atomic E-state index is 12.5. The van der Waals surface area contributed by atoms with Crippen LogP contribution in [0.3, 0.4) is 0 Å². The number of hydrogen-bond donors (Lipinski definition) is 3. The van der Waals surface area contributed by atoms with Gasteiger partial charge >= 0.3 is 0 Å². The normalized spacial score (nSPS) is 13.7. The minimum absolute atomic E-state index is 0.0908. The van der Waals surface area contributed by atoms with Gasteiger partial charge in [0.05, 0.1) is 5.54 Å². The molecule has 0 aliphatic rings. The summed E-state index contributed by atoms with van der Waals surface area (Å²) in [5.41, 5.74) is 4.46. The summed E-state index contributed by atoms with van der Waals surface area (Å²) in [5, 5.41) is 18.9. The Morgan fingerprint density at radius 1 is 1.55 bits per heavy atom. The summed E-state index contributed by atoms with van der Waals surface area (Å²) in [6, 6.07) is 0. The van der Waals surface area contributed by atoms with Gasteiger partial charge in [0.25, 0.3) is 10.0 Å². The zero-order valence-corrected chi connectivity index (χ0v) is 13.7. The van der Waals surface area contributed by atoms with Crippen molar-refractivity contribution in [3.8, 4) is 0 Å². The summed E-state index contributed by atoms with van der Waals surface area (Å²) in [5.74, 6) is -0.197. The lowest BCUT2D eigenvalue weighted by atomic mass is 9.93. The van der Waals surface area contributed by atoms with Crippen LogP contribution in [0.2, 0.25) is 0 Å². The molecule has 4 N–H and O–H groups in total. The Balaban J connectivity index is 3.31. The van der Waals surface area contributed by atoms with E-state index in [0.717, 1.165) is 4.68 Å². The van der Waals surface area contributed by atoms with Crippen LogP contribution in [0, 0.1) is 0 Å². The molecular weight excluding hydrogens is 352 g/mol. The van der Waals surface area contributed by atoms with E-state index in [1.165, 1.54) is 7.05 Å². The first-order valence-corrected chi connectivity index (χ1v) is 8.08. The number of aromatic nitrogens is 3. The number of halogens is 1. The van der Waals surface area contributed by atoms with E-state index in [-0.39, 0.29) is 15.5 Å². The largest absolute Gasteiger partial charge is 0.409 e. The molecule has 20 heavy (non-hydrogen) atoms. The van der Waals surface area contributed by atoms with Gasteiger partial charge < -0.3 is 10.9 Å². The average molecular weight is 369 g/mol. The van der Waals surface area contributed by atoms with Crippen molar-refractivity contribution in [1.82, 2.24) is 19.7 Å². The molecule has 1 aromatic rings. The van der Waals surface area contributed by atoms with Gasteiger partial charge in [0.2, 0.25) is 5.03 Å². The van der Waals surface area contributed by atoms with E-state index in [1.807, 2.05) is 0 Å². The summed E-state index contributed by atoms with van der Waals surface area (Å²) in [4.78, 5) is 0. The zero-order chi connectivity index (χ0) is 15.6. The first-order valence-electron chi connectivity index (χ1n) is 5.81. The predicted octanol–water partition coefficient (Wildman–Crippen LogP) is 0.161. The van der Waals surface area contributed by atoms with Gasteiger partial charge in [0.1, 0.15) is 0 Å². The van der Waals surface area contributed by atoms with Gasteiger partial charge in [-0.3, -0.25) is 0 Å². The smallest absolute Gasteiger partial charge is 0.261 e. The average Bonchev–Trinajstić information content (AvgIpc) is 2.75. The van der Waals surface area contributed by atoms with Crippen molar-refractivity contribution in [3.05, 3.63) is 4.60 Å². The number of nitrogens with two attached hydrogens (primary N) is 1. The van der Waals surface area contributed by atoms with Crippen molar-refractivity contribution < 1.29 is 13.6 Å². The topological polar surface area (TPSA) is 135 Å². The lowest BCUT2D eigenvalue weighted by molar-refractivity contribution is 0.307. The first-order chi connectivity index (χ1) is 9.24. The first kappa shape index (κ1) is 16.9. The number of nitrogens with one attached hydrogen (secondary N) is 1. The van der Waals surface area contributed by atoms with Crippen molar-refractivity contribution >= 4 is 31.8 Å². The van der Waals surface area contributed by atoms with Crippen molar-refractivity contribution in [2.75, 3.05) is 0 Å². The van der Waals surface area contributed by atoms with Crippen molar-refractivity contribution in [2.45, 2.75) is 37.3 Å². The molecule has 1 aromatic heterocycles. The summed E-state index contributed by atoms with van der Waals surface area (Å²) in [7, 11) is -2.49. The van der Waals surface area contributed by atoms with E-state index in [2.05, 4.69) is 36.1 Å². The minimum Gasteiger partial charge on any atom is -0.409 e. The molecule has 0 aliphatic carbocycles. The number of rotatable bonds is 6. The third-order valence-corrected chi connectivity index (χ3v) is 5.55. The van der Waals surface area contributed by atoms with Crippen LogP contribution in [0.1, 0.15) is 26.7 Å². The molecule has 0 atom stereocenters. The number of nitrogens with zero attached hydrogens (tertiary/aromatic N) is 4. The highest BCUT2D eigenvalue weighted by atomic mass is 79.9. The Labute approximate surface area is 125 Å². The quantitative estimate of drug-likeness (QED) is 0.283. The standard InChI is InChI=1S/C9H17BrN6O3S/c1-4-9(5-2,8(11)13-17)14-20(18,19)7-6(10)12-15-16(7)3/h14,17H,4-5H2,1-3H3,(H2,11,13). The fraction of sp³-hybridized carbons (Fsp3) is 0.667. The van der Waals surface area contributed by atoms with Gasteiger partial charge in [-0.15, -0.1) is 5.10 Å². The molecule has 0 radical (unpaired) electrons. The van der Waals surface area contributed by atoms with Gasteiger partial charge in [-0.25, -0.2) is 13.1 Å². The van der Waals surface area contributed by atoms with Crippen LogP contribution in [0.25, 0.3) is 0 Å². The molecular formula is C9H17BrN6O3S. The predicted molar refractivity (Wildman–Crippen MR) is 75.7 cm³/mol. The van der Waals surface area contributed by atoms with Crippen molar-refractivity contribution in [2.24, 2.45) is 17.9 Å². The Hall–Kier alpha value is -1.20. The molecule has 0 saturated heterocycles. The Morgan fingerprint density at radius 3 is 2.45 bits per heavy atom. The summed E-state index contributed by atoms with van der Waals surface area (Å²) >= 11 is 3.03. The fourth-order valence-electron chi connectivity index (χ4n) is 1.82. The van der Waals surface area contributed by atoms with Gasteiger partial charge in [-0.05, 0) is 28.8 Å². The van der Waals surface area contributed by atoms with Crippen LogP contribution in [0.5, 0.6) is 0 Å². The highest BCUT2D eigenvalue weighted by Gasteiger charge is 2.38. The summed E-state index contributed by atoms with van der Waals surface area (Å²) in [6.07, 6.45) is 0.642. The van der Waals surface area contributed by atoms with E-state index in [4.69, 9.17) is 10.9 Å². The number of sulfonamides is 1. The Bertz CT molecular complexity index is 588. The lowest BCUT2D eigenvalue weighted by Crippen LogP contribution is -2.56. The number of amidine groups is 1. The molecule has 1 rings (SSSR count). The summed E-state index contributed by atoms with van der Waals surface area (Å²) < 4.78 is 28.6. The zero-order valence-electron chi connectivity index (χ0n) is 11.3. The molecule has 0 fully saturated rings. The van der Waals surface area contributed by atoms with Crippen LogP contribution in [0.4, 0.5) is 0 Å². The maximum Gasteiger partial charge on any atom is 0.261 e. The molecule has 9 nitrogen and oxygen atoms in total. The van der Waals surface area contributed by atoms with E-state index in [0.29, 0.717) is 12.8 Å². The second kappa shape index (κ2) is 6.06. The fourth-order valence-corrected chi connectivity index (χ4v) is 4.44. The number of hydrogen-bond acceptors (Lipinski definition) is 6. The Morgan fingerprint density at radius 2 is 2.10 bits per heavy atom. The van der Waals surface area contributed by atoms with E-state index in [1.54, 1.807) is 13.8 Å². The molecule has 0 unspecified atom stereocenters. The van der Waals surface area contributed by atoms with Crippen LogP contribution in [-0.4, -0.2) is 40.0 Å². The van der Waals surface area contributed by atoms with Crippen molar-refractivity contribution in [3.63, 3.8) is 0 Å². The van der Waals surface area contributed by atoms with Gasteiger partial charge in [-0.1, -0.05) is 24.2 Å². The van der Waals surface area contributed by atoms with Crippen LogP contribution < -0.4 is 10.5 Å². The highest BCUT2D eigenvalue weighted by Crippen LogP contribution is 2.23. The van der Waals surface area contributed by atoms with E-state index < -0.39 is 15.6 Å².